The first-order valence-corrected chi connectivity index (χ1v) is 10.6. The minimum Gasteiger partial charge on any atom is -0.491 e. The molecule has 5 heteroatoms. The normalized spacial score (nSPS) is 13.8. The fraction of sp³-hybridized carbons (Fsp3) is 0.185. The summed E-state index contributed by atoms with van der Waals surface area (Å²) in [6, 6.07) is 22.2. The molecule has 1 N–H and O–H groups in total. The van der Waals surface area contributed by atoms with E-state index in [4.69, 9.17) is 4.74 Å². The largest absolute Gasteiger partial charge is 0.491 e. The number of rotatable bonds is 6. The molecule has 0 fully saturated rings. The lowest BCUT2D eigenvalue weighted by Gasteiger charge is -2.15. The molecule has 3 aromatic carbocycles. The monoisotopic (exact) mass is 426 g/mol. The van der Waals surface area contributed by atoms with E-state index in [0.717, 1.165) is 16.8 Å². The van der Waals surface area contributed by atoms with E-state index in [0.29, 0.717) is 22.6 Å². The van der Waals surface area contributed by atoms with Crippen molar-refractivity contribution in [1.29, 1.82) is 0 Å². The molecule has 0 radical (unpaired) electrons. The molecule has 4 rings (SSSR count). The highest BCUT2D eigenvalue weighted by Crippen LogP contribution is 2.35. The van der Waals surface area contributed by atoms with Gasteiger partial charge >= 0.3 is 0 Å². The number of hydrogen-bond donors (Lipinski definition) is 1. The number of nitrogens with zero attached hydrogens (tertiary/aromatic N) is 1. The highest BCUT2D eigenvalue weighted by molar-refractivity contribution is 6.46. The molecule has 1 aliphatic rings. The summed E-state index contributed by atoms with van der Waals surface area (Å²) in [5.74, 6) is -0.0174. The fourth-order valence-corrected chi connectivity index (χ4v) is 3.70. The SMILES string of the molecule is Cc1ccc(C)c(NC2=C(c3ccc(OC(C)C)cc3)C(=O)N(c3ccccc3)C2=O)c1. The molecule has 1 heterocycles. The van der Waals surface area contributed by atoms with Crippen molar-refractivity contribution in [3.8, 4) is 5.75 Å². The minimum absolute atomic E-state index is 0.0462. The van der Waals surface area contributed by atoms with Crippen LogP contribution in [0.1, 0.15) is 30.5 Å². The fourth-order valence-electron chi connectivity index (χ4n) is 3.70. The third-order valence-electron chi connectivity index (χ3n) is 5.27. The Morgan fingerprint density at radius 2 is 1.53 bits per heavy atom. The molecular formula is C27H26N2O3. The van der Waals surface area contributed by atoms with Crippen molar-refractivity contribution in [3.63, 3.8) is 0 Å². The van der Waals surface area contributed by atoms with Gasteiger partial charge in [-0.1, -0.05) is 42.5 Å². The Kier molecular flexibility index (Phi) is 5.82. The van der Waals surface area contributed by atoms with Gasteiger partial charge in [0.05, 0.1) is 17.4 Å². The summed E-state index contributed by atoms with van der Waals surface area (Å²) in [5.41, 5.74) is 4.66. The lowest BCUT2D eigenvalue weighted by Crippen LogP contribution is -2.32. The van der Waals surface area contributed by atoms with Crippen molar-refractivity contribution in [2.45, 2.75) is 33.8 Å². The molecule has 1 aliphatic heterocycles. The average molecular weight is 427 g/mol. The quantitative estimate of drug-likeness (QED) is 0.530. The molecule has 32 heavy (non-hydrogen) atoms. The van der Waals surface area contributed by atoms with Crippen LogP contribution in [0.15, 0.2) is 78.5 Å². The van der Waals surface area contributed by atoms with Crippen LogP contribution in [0.3, 0.4) is 0 Å². The van der Waals surface area contributed by atoms with Crippen molar-refractivity contribution >= 4 is 28.8 Å². The third-order valence-corrected chi connectivity index (χ3v) is 5.27. The zero-order valence-electron chi connectivity index (χ0n) is 18.7. The lowest BCUT2D eigenvalue weighted by molar-refractivity contribution is -0.120. The van der Waals surface area contributed by atoms with Gasteiger partial charge in [-0.05, 0) is 74.7 Å². The van der Waals surface area contributed by atoms with Crippen molar-refractivity contribution in [2.75, 3.05) is 10.2 Å². The van der Waals surface area contributed by atoms with E-state index in [1.165, 1.54) is 4.90 Å². The van der Waals surface area contributed by atoms with Gasteiger partial charge in [0.15, 0.2) is 0 Å². The molecule has 0 aliphatic carbocycles. The summed E-state index contributed by atoms with van der Waals surface area (Å²) in [6.45, 7) is 7.88. The summed E-state index contributed by atoms with van der Waals surface area (Å²) in [6.07, 6.45) is 0.0462. The van der Waals surface area contributed by atoms with E-state index in [2.05, 4.69) is 5.32 Å². The molecule has 0 spiro atoms. The first kappa shape index (κ1) is 21.4. The number of aryl methyl sites for hydroxylation is 2. The summed E-state index contributed by atoms with van der Waals surface area (Å²) in [5, 5.41) is 3.26. The molecule has 0 unspecified atom stereocenters. The first-order chi connectivity index (χ1) is 15.3. The van der Waals surface area contributed by atoms with E-state index in [1.54, 1.807) is 12.1 Å². The maximum Gasteiger partial charge on any atom is 0.282 e. The summed E-state index contributed by atoms with van der Waals surface area (Å²) in [4.78, 5) is 28.2. The number of imide groups is 1. The zero-order valence-corrected chi connectivity index (χ0v) is 18.7. The first-order valence-electron chi connectivity index (χ1n) is 10.6. The second-order valence-electron chi connectivity index (χ2n) is 8.17. The van der Waals surface area contributed by atoms with Crippen LogP contribution < -0.4 is 15.0 Å². The van der Waals surface area contributed by atoms with Gasteiger partial charge in [0.25, 0.3) is 11.8 Å². The number of ether oxygens (including phenoxy) is 1. The van der Waals surface area contributed by atoms with E-state index < -0.39 is 0 Å². The van der Waals surface area contributed by atoms with Gasteiger partial charge in [-0.3, -0.25) is 9.59 Å². The molecule has 5 nitrogen and oxygen atoms in total. The Bertz CT molecular complexity index is 1200. The van der Waals surface area contributed by atoms with Crippen LogP contribution in [0, 0.1) is 13.8 Å². The maximum absolute atomic E-state index is 13.5. The minimum atomic E-state index is -0.375. The number of benzene rings is 3. The predicted octanol–water partition coefficient (Wildman–Crippen LogP) is 5.49. The number of carbonyl (C=O) groups is 2. The van der Waals surface area contributed by atoms with Crippen LogP contribution in [0.2, 0.25) is 0 Å². The molecule has 0 bridgehead atoms. The van der Waals surface area contributed by atoms with E-state index in [9.17, 15) is 9.59 Å². The van der Waals surface area contributed by atoms with Gasteiger partial charge in [-0.15, -0.1) is 0 Å². The Balaban J connectivity index is 1.80. The van der Waals surface area contributed by atoms with Crippen LogP contribution in [0.25, 0.3) is 5.57 Å². The number of para-hydroxylation sites is 1. The Hall–Kier alpha value is -3.86. The smallest absolute Gasteiger partial charge is 0.282 e. The van der Waals surface area contributed by atoms with Crippen molar-refractivity contribution in [3.05, 3.63) is 95.2 Å². The maximum atomic E-state index is 13.5. The summed E-state index contributed by atoms with van der Waals surface area (Å²) >= 11 is 0. The average Bonchev–Trinajstić information content (AvgIpc) is 3.01. The molecular weight excluding hydrogens is 400 g/mol. The lowest BCUT2D eigenvalue weighted by atomic mass is 10.0. The highest BCUT2D eigenvalue weighted by Gasteiger charge is 2.40. The molecule has 3 aromatic rings. The van der Waals surface area contributed by atoms with Gasteiger partial charge < -0.3 is 10.1 Å². The van der Waals surface area contributed by atoms with Gasteiger partial charge in [0, 0.05) is 5.69 Å². The second-order valence-corrected chi connectivity index (χ2v) is 8.17. The van der Waals surface area contributed by atoms with Gasteiger partial charge in [0.1, 0.15) is 11.4 Å². The topological polar surface area (TPSA) is 58.6 Å². The molecule has 0 saturated carbocycles. The Morgan fingerprint density at radius 3 is 2.19 bits per heavy atom. The van der Waals surface area contributed by atoms with Gasteiger partial charge in [0.2, 0.25) is 0 Å². The molecule has 0 atom stereocenters. The van der Waals surface area contributed by atoms with Gasteiger partial charge in [-0.2, -0.15) is 0 Å². The molecule has 2 amide bonds. The molecule has 162 valence electrons. The second kappa shape index (κ2) is 8.71. The van der Waals surface area contributed by atoms with E-state index in [1.807, 2.05) is 88.4 Å². The third kappa shape index (κ3) is 4.14. The van der Waals surface area contributed by atoms with Crippen molar-refractivity contribution < 1.29 is 14.3 Å². The zero-order chi connectivity index (χ0) is 22.8. The summed E-state index contributed by atoms with van der Waals surface area (Å²) < 4.78 is 5.73. The number of anilines is 2. The summed E-state index contributed by atoms with van der Waals surface area (Å²) in [7, 11) is 0. The van der Waals surface area contributed by atoms with Crippen LogP contribution >= 0.6 is 0 Å². The molecule has 0 saturated heterocycles. The number of amides is 2. The van der Waals surface area contributed by atoms with Crippen LogP contribution in [0.5, 0.6) is 5.75 Å². The standard InChI is InChI=1S/C27H26N2O3/c1-17(2)32-22-14-12-20(13-15-22)24-25(28-23-16-18(3)10-11-19(23)4)27(31)29(26(24)30)21-8-6-5-7-9-21/h5-17,28H,1-4H3. The Labute approximate surface area is 188 Å². The molecule has 0 aromatic heterocycles. The van der Waals surface area contributed by atoms with E-state index >= 15 is 0 Å². The number of nitrogens with one attached hydrogen (secondary N) is 1. The number of carbonyl (C=O) groups excluding carboxylic acids is 2. The van der Waals surface area contributed by atoms with E-state index in [-0.39, 0.29) is 23.6 Å². The van der Waals surface area contributed by atoms with Crippen molar-refractivity contribution in [2.24, 2.45) is 0 Å². The van der Waals surface area contributed by atoms with Crippen LogP contribution in [-0.4, -0.2) is 17.9 Å². The highest BCUT2D eigenvalue weighted by atomic mass is 16.5. The van der Waals surface area contributed by atoms with Crippen LogP contribution in [-0.2, 0) is 9.59 Å². The van der Waals surface area contributed by atoms with Crippen LogP contribution in [0.4, 0.5) is 11.4 Å². The van der Waals surface area contributed by atoms with Gasteiger partial charge in [-0.25, -0.2) is 4.90 Å². The predicted molar refractivity (Wildman–Crippen MR) is 128 cm³/mol. The Morgan fingerprint density at radius 1 is 0.844 bits per heavy atom. The van der Waals surface area contributed by atoms with Crippen molar-refractivity contribution in [1.82, 2.24) is 0 Å². The number of hydrogen-bond acceptors (Lipinski definition) is 4.